The molecule has 0 radical (unpaired) electrons. The molecule has 0 saturated carbocycles. The first-order valence-corrected chi connectivity index (χ1v) is 7.90. The van der Waals surface area contributed by atoms with E-state index in [9.17, 15) is 4.79 Å². The first-order chi connectivity index (χ1) is 12.3. The van der Waals surface area contributed by atoms with E-state index in [2.05, 4.69) is 10.5 Å². The average molecular weight is 330 g/mol. The van der Waals surface area contributed by atoms with E-state index in [1.54, 1.807) is 25.5 Å². The minimum absolute atomic E-state index is 0.259. The van der Waals surface area contributed by atoms with Gasteiger partial charge in [0.1, 0.15) is 5.75 Å². The summed E-state index contributed by atoms with van der Waals surface area (Å²) in [4.78, 5) is 12.2. The highest BCUT2D eigenvalue weighted by molar-refractivity contribution is 5.95. The molecule has 1 N–H and O–H groups in total. The maximum absolute atomic E-state index is 12.2. The summed E-state index contributed by atoms with van der Waals surface area (Å²) in [6.45, 7) is 0. The van der Waals surface area contributed by atoms with E-state index in [1.807, 2.05) is 66.7 Å². The molecule has 3 aromatic rings. The summed E-state index contributed by atoms with van der Waals surface area (Å²) >= 11 is 0. The molecule has 3 rings (SSSR count). The normalized spacial score (nSPS) is 10.6. The van der Waals surface area contributed by atoms with Crippen molar-refractivity contribution >= 4 is 12.1 Å². The van der Waals surface area contributed by atoms with Crippen molar-refractivity contribution in [1.29, 1.82) is 0 Å². The molecule has 4 heteroatoms. The average Bonchev–Trinajstić information content (AvgIpc) is 2.69. The summed E-state index contributed by atoms with van der Waals surface area (Å²) in [5, 5.41) is 4.00. The van der Waals surface area contributed by atoms with Crippen molar-refractivity contribution in [2.24, 2.45) is 5.10 Å². The van der Waals surface area contributed by atoms with E-state index in [0.717, 1.165) is 16.7 Å². The zero-order valence-electron chi connectivity index (χ0n) is 13.8. The fourth-order valence-corrected chi connectivity index (χ4v) is 2.44. The van der Waals surface area contributed by atoms with Gasteiger partial charge in [0.25, 0.3) is 5.91 Å². The Morgan fingerprint density at radius 3 is 2.24 bits per heavy atom. The van der Waals surface area contributed by atoms with Crippen LogP contribution in [-0.4, -0.2) is 19.2 Å². The number of rotatable bonds is 5. The molecule has 25 heavy (non-hydrogen) atoms. The quantitative estimate of drug-likeness (QED) is 0.565. The number of hydrogen-bond acceptors (Lipinski definition) is 3. The van der Waals surface area contributed by atoms with Crippen LogP contribution in [0.5, 0.6) is 5.75 Å². The van der Waals surface area contributed by atoms with Gasteiger partial charge in [-0.05, 0) is 35.4 Å². The lowest BCUT2D eigenvalue weighted by Gasteiger charge is -2.04. The van der Waals surface area contributed by atoms with Gasteiger partial charge in [0, 0.05) is 11.1 Å². The lowest BCUT2D eigenvalue weighted by molar-refractivity contribution is 0.0955. The fourth-order valence-electron chi connectivity index (χ4n) is 2.44. The largest absolute Gasteiger partial charge is 0.496 e. The van der Waals surface area contributed by atoms with Crippen LogP contribution in [0.25, 0.3) is 11.1 Å². The molecule has 4 nitrogen and oxygen atoms in total. The number of amides is 1. The Morgan fingerprint density at radius 2 is 1.52 bits per heavy atom. The number of nitrogens with one attached hydrogen (secondary N) is 1. The van der Waals surface area contributed by atoms with Crippen molar-refractivity contribution in [2.75, 3.05) is 7.11 Å². The van der Waals surface area contributed by atoms with Gasteiger partial charge in [0.05, 0.1) is 13.3 Å². The highest BCUT2D eigenvalue weighted by Gasteiger charge is 2.05. The summed E-state index contributed by atoms with van der Waals surface area (Å²) < 4.78 is 5.24. The Morgan fingerprint density at radius 1 is 0.880 bits per heavy atom. The Labute approximate surface area is 146 Å². The standard InChI is InChI=1S/C21H18N2O2/c1-25-20-10-6-5-9-19(20)15-22-23-21(24)18-13-11-17(12-14-18)16-7-3-2-4-8-16/h2-15H,1H3,(H,23,24)/b22-15+. The number of carbonyl (C=O) groups excluding carboxylic acids is 1. The van der Waals surface area contributed by atoms with Crippen LogP contribution < -0.4 is 10.2 Å². The lowest BCUT2D eigenvalue weighted by Crippen LogP contribution is -2.17. The molecule has 0 heterocycles. The third-order valence-corrected chi connectivity index (χ3v) is 3.76. The van der Waals surface area contributed by atoms with Gasteiger partial charge in [-0.25, -0.2) is 5.43 Å². The first kappa shape index (κ1) is 16.5. The number of benzene rings is 3. The number of methoxy groups -OCH3 is 1. The molecule has 0 atom stereocenters. The number of ether oxygens (including phenoxy) is 1. The number of carbonyl (C=O) groups is 1. The van der Waals surface area contributed by atoms with Crippen LogP contribution in [-0.2, 0) is 0 Å². The van der Waals surface area contributed by atoms with E-state index < -0.39 is 0 Å². The fraction of sp³-hybridized carbons (Fsp3) is 0.0476. The van der Waals surface area contributed by atoms with E-state index in [0.29, 0.717) is 11.3 Å². The summed E-state index contributed by atoms with van der Waals surface area (Å²) in [6, 6.07) is 24.9. The zero-order chi connectivity index (χ0) is 17.5. The molecule has 3 aromatic carbocycles. The zero-order valence-corrected chi connectivity index (χ0v) is 13.8. The summed E-state index contributed by atoms with van der Waals surface area (Å²) in [7, 11) is 1.60. The van der Waals surface area contributed by atoms with Crippen molar-refractivity contribution in [2.45, 2.75) is 0 Å². The highest BCUT2D eigenvalue weighted by Crippen LogP contribution is 2.19. The van der Waals surface area contributed by atoms with Gasteiger partial charge < -0.3 is 4.74 Å². The summed E-state index contributed by atoms with van der Waals surface area (Å²) in [5.41, 5.74) is 6.06. The molecule has 0 unspecified atom stereocenters. The number of para-hydroxylation sites is 1. The second-order valence-corrected chi connectivity index (χ2v) is 5.38. The van der Waals surface area contributed by atoms with Crippen molar-refractivity contribution in [1.82, 2.24) is 5.43 Å². The van der Waals surface area contributed by atoms with Gasteiger partial charge in [0.2, 0.25) is 0 Å². The Bertz CT molecular complexity index is 872. The van der Waals surface area contributed by atoms with E-state index in [-0.39, 0.29) is 5.91 Å². The van der Waals surface area contributed by atoms with Gasteiger partial charge in [-0.3, -0.25) is 4.79 Å². The molecule has 0 saturated heterocycles. The van der Waals surface area contributed by atoms with Crippen LogP contribution in [0.3, 0.4) is 0 Å². The van der Waals surface area contributed by atoms with Crippen LogP contribution in [0, 0.1) is 0 Å². The van der Waals surface area contributed by atoms with Crippen molar-refractivity contribution < 1.29 is 9.53 Å². The van der Waals surface area contributed by atoms with Crippen molar-refractivity contribution in [3.05, 3.63) is 90.0 Å². The van der Waals surface area contributed by atoms with Crippen LogP contribution >= 0.6 is 0 Å². The van der Waals surface area contributed by atoms with Gasteiger partial charge in [0.15, 0.2) is 0 Å². The van der Waals surface area contributed by atoms with Gasteiger partial charge in [-0.15, -0.1) is 0 Å². The topological polar surface area (TPSA) is 50.7 Å². The number of hydrogen-bond donors (Lipinski definition) is 1. The van der Waals surface area contributed by atoms with Crippen molar-refractivity contribution in [3.8, 4) is 16.9 Å². The second-order valence-electron chi connectivity index (χ2n) is 5.38. The maximum Gasteiger partial charge on any atom is 0.271 e. The van der Waals surface area contributed by atoms with E-state index >= 15 is 0 Å². The van der Waals surface area contributed by atoms with Crippen LogP contribution in [0.4, 0.5) is 0 Å². The number of nitrogens with zero attached hydrogens (tertiary/aromatic N) is 1. The molecule has 0 aliphatic rings. The second kappa shape index (κ2) is 7.93. The predicted molar refractivity (Wildman–Crippen MR) is 99.9 cm³/mol. The molecule has 0 fully saturated rings. The third-order valence-electron chi connectivity index (χ3n) is 3.76. The number of hydrazone groups is 1. The first-order valence-electron chi connectivity index (χ1n) is 7.90. The smallest absolute Gasteiger partial charge is 0.271 e. The van der Waals surface area contributed by atoms with Gasteiger partial charge >= 0.3 is 0 Å². The SMILES string of the molecule is COc1ccccc1/C=N/NC(=O)c1ccc(-c2ccccc2)cc1. The van der Waals surface area contributed by atoms with Gasteiger partial charge in [-0.1, -0.05) is 54.6 Å². The maximum atomic E-state index is 12.2. The molecule has 0 spiro atoms. The minimum atomic E-state index is -0.259. The van der Waals surface area contributed by atoms with Crippen molar-refractivity contribution in [3.63, 3.8) is 0 Å². The minimum Gasteiger partial charge on any atom is -0.496 e. The van der Waals surface area contributed by atoms with E-state index in [4.69, 9.17) is 4.74 Å². The van der Waals surface area contributed by atoms with Gasteiger partial charge in [-0.2, -0.15) is 5.10 Å². The molecular weight excluding hydrogens is 312 g/mol. The monoisotopic (exact) mass is 330 g/mol. The summed E-state index contributed by atoms with van der Waals surface area (Å²) in [5.74, 6) is 0.443. The van der Waals surface area contributed by atoms with Crippen LogP contribution in [0.1, 0.15) is 15.9 Å². The highest BCUT2D eigenvalue weighted by atomic mass is 16.5. The Kier molecular flexibility index (Phi) is 5.22. The molecule has 0 aliphatic carbocycles. The third kappa shape index (κ3) is 4.12. The predicted octanol–water partition coefficient (Wildman–Crippen LogP) is 4.13. The summed E-state index contributed by atoms with van der Waals surface area (Å²) in [6.07, 6.45) is 1.56. The Hall–Kier alpha value is -3.40. The Balaban J connectivity index is 1.66. The van der Waals surface area contributed by atoms with Crippen LogP contribution in [0.2, 0.25) is 0 Å². The molecule has 0 aromatic heterocycles. The molecular formula is C21H18N2O2. The molecule has 0 bridgehead atoms. The molecule has 1 amide bonds. The molecule has 0 aliphatic heterocycles. The molecule has 124 valence electrons. The van der Waals surface area contributed by atoms with E-state index in [1.165, 1.54) is 0 Å². The van der Waals surface area contributed by atoms with Crippen LogP contribution in [0.15, 0.2) is 84.0 Å². The lowest BCUT2D eigenvalue weighted by atomic mass is 10.0.